The third-order valence-electron chi connectivity index (χ3n) is 3.84. The molecule has 6 nitrogen and oxygen atoms in total. The molecule has 0 bridgehead atoms. The third kappa shape index (κ3) is 3.85. The van der Waals surface area contributed by atoms with Crippen molar-refractivity contribution in [2.45, 2.75) is 31.2 Å². The molecule has 1 aliphatic heterocycles. The highest BCUT2D eigenvalue weighted by atomic mass is 32.2. The molecule has 1 saturated heterocycles. The zero-order chi connectivity index (χ0) is 16.2. The van der Waals surface area contributed by atoms with Crippen LogP contribution in [0.25, 0.3) is 0 Å². The Morgan fingerprint density at radius 3 is 2.41 bits per heavy atom. The van der Waals surface area contributed by atoms with Crippen LogP contribution in [-0.4, -0.2) is 51.4 Å². The summed E-state index contributed by atoms with van der Waals surface area (Å²) < 4.78 is 27.2. The Kier molecular flexibility index (Phi) is 5.55. The molecule has 1 aromatic carbocycles. The topological polar surface area (TPSA) is 78.5 Å². The average molecular weight is 325 g/mol. The Bertz CT molecular complexity index is 603. The zero-order valence-electron chi connectivity index (χ0n) is 13.0. The number of nitrogens with one attached hydrogen (secondary N) is 2. The van der Waals surface area contributed by atoms with Crippen LogP contribution in [0.2, 0.25) is 0 Å². The highest BCUT2D eigenvalue weighted by Gasteiger charge is 2.23. The first kappa shape index (κ1) is 16.9. The third-order valence-corrected chi connectivity index (χ3v) is 5.38. The number of nitrogens with zero attached hydrogens (tertiary/aromatic N) is 1. The van der Waals surface area contributed by atoms with E-state index < -0.39 is 10.0 Å². The fourth-order valence-corrected chi connectivity index (χ4v) is 3.78. The lowest BCUT2D eigenvalue weighted by Gasteiger charge is -2.18. The van der Waals surface area contributed by atoms with Crippen molar-refractivity contribution in [3.63, 3.8) is 0 Å². The number of hydrogen-bond donors (Lipinski definition) is 2. The maximum Gasteiger partial charge on any atom is 0.253 e. The Balaban J connectivity index is 2.12. The number of sulfonamides is 1. The molecule has 0 radical (unpaired) electrons. The number of hydrogen-bond acceptors (Lipinski definition) is 4. The molecule has 22 heavy (non-hydrogen) atoms. The summed E-state index contributed by atoms with van der Waals surface area (Å²) >= 11 is 0. The lowest BCUT2D eigenvalue weighted by atomic mass is 10.2. The van der Waals surface area contributed by atoms with Gasteiger partial charge in [0.2, 0.25) is 10.0 Å². The predicted molar refractivity (Wildman–Crippen MR) is 85.3 cm³/mol. The van der Waals surface area contributed by atoms with Gasteiger partial charge in [0.25, 0.3) is 5.91 Å². The maximum absolute atomic E-state index is 12.3. The van der Waals surface area contributed by atoms with Crippen molar-refractivity contribution < 1.29 is 13.2 Å². The van der Waals surface area contributed by atoms with Crippen molar-refractivity contribution in [2.24, 2.45) is 0 Å². The van der Waals surface area contributed by atoms with Gasteiger partial charge in [-0.15, -0.1) is 0 Å². The molecule has 0 aromatic heterocycles. The van der Waals surface area contributed by atoms with E-state index in [1.54, 1.807) is 17.0 Å². The lowest BCUT2D eigenvalue weighted by Crippen LogP contribution is -2.36. The van der Waals surface area contributed by atoms with E-state index in [9.17, 15) is 13.2 Å². The van der Waals surface area contributed by atoms with Gasteiger partial charge >= 0.3 is 0 Å². The number of carbonyl (C=O) groups excluding carboxylic acids is 1. The van der Waals surface area contributed by atoms with Gasteiger partial charge in [0.05, 0.1) is 4.90 Å². The van der Waals surface area contributed by atoms with Gasteiger partial charge < -0.3 is 10.2 Å². The SMILES string of the molecule is CCN(CC)C(=O)c1ccc(S(=O)(=O)NC2CCNC2)cc1. The van der Waals surface area contributed by atoms with Crippen molar-refractivity contribution in [3.05, 3.63) is 29.8 Å². The molecule has 2 N–H and O–H groups in total. The van der Waals surface area contributed by atoms with E-state index in [2.05, 4.69) is 10.0 Å². The van der Waals surface area contributed by atoms with Crippen LogP contribution in [0.15, 0.2) is 29.2 Å². The van der Waals surface area contributed by atoms with E-state index in [1.807, 2.05) is 13.8 Å². The van der Waals surface area contributed by atoms with Gasteiger partial charge in [-0.05, 0) is 51.1 Å². The molecule has 0 aliphatic carbocycles. The second-order valence-corrected chi connectivity index (χ2v) is 7.03. The van der Waals surface area contributed by atoms with Crippen LogP contribution in [0.4, 0.5) is 0 Å². The van der Waals surface area contributed by atoms with Crippen LogP contribution in [0.3, 0.4) is 0 Å². The molecule has 1 unspecified atom stereocenters. The molecule has 7 heteroatoms. The average Bonchev–Trinajstić information content (AvgIpc) is 3.00. The van der Waals surface area contributed by atoms with Crippen LogP contribution >= 0.6 is 0 Å². The Hall–Kier alpha value is -1.44. The first-order chi connectivity index (χ1) is 10.5. The highest BCUT2D eigenvalue weighted by Crippen LogP contribution is 2.14. The van der Waals surface area contributed by atoms with E-state index in [4.69, 9.17) is 0 Å². The van der Waals surface area contributed by atoms with Crippen LogP contribution in [0.5, 0.6) is 0 Å². The van der Waals surface area contributed by atoms with Crippen molar-refractivity contribution in [3.8, 4) is 0 Å². The summed E-state index contributed by atoms with van der Waals surface area (Å²) in [5, 5.41) is 3.12. The minimum absolute atomic E-state index is 0.0676. The number of amides is 1. The minimum atomic E-state index is -3.53. The normalized spacial score (nSPS) is 18.4. The monoisotopic (exact) mass is 325 g/mol. The van der Waals surface area contributed by atoms with Gasteiger partial charge in [-0.2, -0.15) is 0 Å². The van der Waals surface area contributed by atoms with Gasteiger partial charge in [-0.1, -0.05) is 0 Å². The first-order valence-corrected chi connectivity index (χ1v) is 9.08. The lowest BCUT2D eigenvalue weighted by molar-refractivity contribution is 0.0773. The smallest absolute Gasteiger partial charge is 0.253 e. The highest BCUT2D eigenvalue weighted by molar-refractivity contribution is 7.89. The van der Waals surface area contributed by atoms with Crippen molar-refractivity contribution in [2.75, 3.05) is 26.2 Å². The summed E-state index contributed by atoms with van der Waals surface area (Å²) in [5.41, 5.74) is 0.505. The van der Waals surface area contributed by atoms with E-state index in [1.165, 1.54) is 12.1 Å². The van der Waals surface area contributed by atoms with Crippen LogP contribution in [0.1, 0.15) is 30.6 Å². The molecule has 122 valence electrons. The van der Waals surface area contributed by atoms with Crippen molar-refractivity contribution in [1.29, 1.82) is 0 Å². The van der Waals surface area contributed by atoms with E-state index >= 15 is 0 Å². The summed E-state index contributed by atoms with van der Waals surface area (Å²) in [5.74, 6) is -0.0816. The molecule has 2 rings (SSSR count). The molecule has 1 aromatic rings. The van der Waals surface area contributed by atoms with Crippen LogP contribution in [-0.2, 0) is 10.0 Å². The second-order valence-electron chi connectivity index (χ2n) is 5.31. The summed E-state index contributed by atoms with van der Waals surface area (Å²) in [6.45, 7) is 6.57. The quantitative estimate of drug-likeness (QED) is 0.811. The summed E-state index contributed by atoms with van der Waals surface area (Å²) in [7, 11) is -3.53. The molecule has 1 atom stereocenters. The second kappa shape index (κ2) is 7.21. The van der Waals surface area contributed by atoms with Crippen LogP contribution in [0, 0.1) is 0 Å². The molecule has 0 saturated carbocycles. The fourth-order valence-electron chi connectivity index (χ4n) is 2.51. The van der Waals surface area contributed by atoms with E-state index in [-0.39, 0.29) is 16.8 Å². The number of rotatable bonds is 6. The fraction of sp³-hybridized carbons (Fsp3) is 0.533. The zero-order valence-corrected chi connectivity index (χ0v) is 13.8. The molecule has 1 heterocycles. The number of carbonyl (C=O) groups is 1. The van der Waals surface area contributed by atoms with E-state index in [0.717, 1.165) is 13.0 Å². The van der Waals surface area contributed by atoms with E-state index in [0.29, 0.717) is 25.2 Å². The van der Waals surface area contributed by atoms with Gasteiger partial charge in [-0.25, -0.2) is 13.1 Å². The summed E-state index contributed by atoms with van der Waals surface area (Å²) in [4.78, 5) is 14.1. The van der Waals surface area contributed by atoms with Crippen LogP contribution < -0.4 is 10.0 Å². The first-order valence-electron chi connectivity index (χ1n) is 7.60. The molecule has 1 amide bonds. The molecule has 1 aliphatic rings. The number of benzene rings is 1. The van der Waals surface area contributed by atoms with Crippen molar-refractivity contribution >= 4 is 15.9 Å². The molecule has 1 fully saturated rings. The Morgan fingerprint density at radius 1 is 1.27 bits per heavy atom. The van der Waals surface area contributed by atoms with Gasteiger partial charge in [0, 0.05) is 31.2 Å². The predicted octanol–water partition coefficient (Wildman–Crippen LogP) is 0.809. The standard InChI is InChI=1S/C15H23N3O3S/c1-3-18(4-2)15(19)12-5-7-14(8-6-12)22(20,21)17-13-9-10-16-11-13/h5-8,13,16-17H,3-4,9-11H2,1-2H3. The largest absolute Gasteiger partial charge is 0.339 e. The summed E-state index contributed by atoms with van der Waals surface area (Å²) in [6, 6.07) is 6.05. The van der Waals surface area contributed by atoms with Crippen molar-refractivity contribution in [1.82, 2.24) is 14.9 Å². The maximum atomic E-state index is 12.3. The van der Waals surface area contributed by atoms with Gasteiger partial charge in [0.15, 0.2) is 0 Å². The Morgan fingerprint density at radius 2 is 1.91 bits per heavy atom. The molecule has 0 spiro atoms. The molecular weight excluding hydrogens is 302 g/mol. The van der Waals surface area contributed by atoms with Gasteiger partial charge in [-0.3, -0.25) is 4.79 Å². The summed E-state index contributed by atoms with van der Waals surface area (Å²) in [6.07, 6.45) is 0.789. The van der Waals surface area contributed by atoms with Gasteiger partial charge in [0.1, 0.15) is 0 Å². The molecular formula is C15H23N3O3S. The Labute approximate surface area is 131 Å². The minimum Gasteiger partial charge on any atom is -0.339 e.